The van der Waals surface area contributed by atoms with Gasteiger partial charge in [-0.05, 0) is 56.2 Å². The average molecular weight is 481 g/mol. The van der Waals surface area contributed by atoms with Gasteiger partial charge in [-0.1, -0.05) is 18.2 Å². The van der Waals surface area contributed by atoms with Gasteiger partial charge in [-0.2, -0.15) is 0 Å². The van der Waals surface area contributed by atoms with E-state index >= 15 is 0 Å². The molecule has 2 heterocycles. The summed E-state index contributed by atoms with van der Waals surface area (Å²) in [6.07, 6.45) is 13.4. The molecular formula is C24H33ClN2O6. The van der Waals surface area contributed by atoms with Crippen LogP contribution >= 0.6 is 12.4 Å². The summed E-state index contributed by atoms with van der Waals surface area (Å²) in [4.78, 5) is 24.7. The molecule has 0 spiro atoms. The number of fused-ring (bicyclic) bond motifs is 1. The van der Waals surface area contributed by atoms with E-state index in [-0.39, 0.29) is 55.0 Å². The Morgan fingerprint density at radius 1 is 1.03 bits per heavy atom. The maximum Gasteiger partial charge on any atom is 0.342 e. The van der Waals surface area contributed by atoms with Crippen LogP contribution in [0.5, 0.6) is 11.5 Å². The molecule has 2 aliphatic heterocycles. The van der Waals surface area contributed by atoms with Crippen molar-refractivity contribution in [2.24, 2.45) is 0 Å². The molecule has 8 nitrogen and oxygen atoms in total. The second-order valence-corrected chi connectivity index (χ2v) is 7.68. The van der Waals surface area contributed by atoms with Crippen LogP contribution in [0.1, 0.15) is 54.4 Å². The monoisotopic (exact) mass is 480 g/mol. The first-order valence-electron chi connectivity index (χ1n) is 10.9. The van der Waals surface area contributed by atoms with Gasteiger partial charge in [0, 0.05) is 31.3 Å². The number of cyclic esters (lactones) is 1. The molecule has 0 bridgehead atoms. The number of likely N-dealkylation sites (tertiary alicyclic amines) is 1. The number of aromatic hydroxyl groups is 2. The molecule has 4 N–H and O–H groups in total. The number of nitrogens with zero attached hydrogens (tertiary/aromatic N) is 1. The standard InChI is InChI=1S/C17H19NO4.C7H13NO2.ClH/c18-13-7-5-3-1-2-4-6-8-22-17(21)16-12(9-13)10-14(19)11-15(16)20;9-6-7(10)8-4-2-1-3-5-8;/h2,4-5,7,10-11,18-20H,1,3,6,8-9H2;9H,1-6H2;1H/b4-2+,7-5+,18-13?;;. The fourth-order valence-corrected chi connectivity index (χ4v) is 3.50. The zero-order chi connectivity index (χ0) is 23.3. The fourth-order valence-electron chi connectivity index (χ4n) is 3.50. The predicted molar refractivity (Wildman–Crippen MR) is 128 cm³/mol. The Labute approximate surface area is 200 Å². The van der Waals surface area contributed by atoms with Gasteiger partial charge in [0.05, 0.1) is 6.61 Å². The number of halogens is 1. The molecule has 1 amide bonds. The number of ether oxygens (including phenoxy) is 1. The van der Waals surface area contributed by atoms with Crippen LogP contribution in [0.4, 0.5) is 0 Å². The normalized spacial score (nSPS) is 18.9. The smallest absolute Gasteiger partial charge is 0.342 e. The minimum atomic E-state index is -0.644. The number of phenols is 2. The largest absolute Gasteiger partial charge is 0.508 e. The third kappa shape index (κ3) is 9.67. The number of hydrogen-bond donors (Lipinski definition) is 4. The lowest BCUT2D eigenvalue weighted by molar-refractivity contribution is -0.135. The Morgan fingerprint density at radius 2 is 1.70 bits per heavy atom. The maximum atomic E-state index is 12.1. The van der Waals surface area contributed by atoms with E-state index in [4.69, 9.17) is 15.3 Å². The quantitative estimate of drug-likeness (QED) is 0.359. The summed E-state index contributed by atoms with van der Waals surface area (Å²) < 4.78 is 5.15. The molecule has 0 radical (unpaired) electrons. The number of phenolic OH excluding ortho intramolecular Hbond substituents is 2. The van der Waals surface area contributed by atoms with E-state index in [9.17, 15) is 19.8 Å². The molecule has 0 aliphatic carbocycles. The molecule has 0 unspecified atom stereocenters. The lowest BCUT2D eigenvalue weighted by Gasteiger charge is -2.25. The zero-order valence-corrected chi connectivity index (χ0v) is 19.5. The molecular weight excluding hydrogens is 448 g/mol. The van der Waals surface area contributed by atoms with Crippen LogP contribution in [0.2, 0.25) is 0 Å². The van der Waals surface area contributed by atoms with Crippen molar-refractivity contribution >= 4 is 30.0 Å². The van der Waals surface area contributed by atoms with E-state index in [0.29, 0.717) is 17.7 Å². The summed E-state index contributed by atoms with van der Waals surface area (Å²) in [5, 5.41) is 36.0. The number of benzene rings is 1. The minimum absolute atomic E-state index is 0. The van der Waals surface area contributed by atoms with Gasteiger partial charge >= 0.3 is 5.97 Å². The molecule has 1 aromatic rings. The van der Waals surface area contributed by atoms with E-state index in [1.807, 2.05) is 18.2 Å². The zero-order valence-electron chi connectivity index (χ0n) is 18.7. The van der Waals surface area contributed by atoms with Crippen molar-refractivity contribution in [2.45, 2.75) is 44.9 Å². The number of allylic oxidation sites excluding steroid dienone is 3. The van der Waals surface area contributed by atoms with Crippen molar-refractivity contribution in [3.8, 4) is 11.5 Å². The summed E-state index contributed by atoms with van der Waals surface area (Å²) in [5.74, 6) is -1.25. The van der Waals surface area contributed by atoms with E-state index in [0.717, 1.165) is 44.8 Å². The van der Waals surface area contributed by atoms with Gasteiger partial charge in [0.1, 0.15) is 23.7 Å². The molecule has 0 aromatic heterocycles. The summed E-state index contributed by atoms with van der Waals surface area (Å²) in [7, 11) is 0. The molecule has 182 valence electrons. The maximum absolute atomic E-state index is 12.1. The highest BCUT2D eigenvalue weighted by Crippen LogP contribution is 2.28. The number of aliphatic hydroxyl groups excluding tert-OH is 1. The summed E-state index contributed by atoms with van der Waals surface area (Å²) in [5.41, 5.74) is 0.682. The number of carbonyl (C=O) groups excluding carboxylic acids is 2. The Hall–Kier alpha value is -2.84. The van der Waals surface area contributed by atoms with Crippen LogP contribution in [0.15, 0.2) is 36.4 Å². The average Bonchev–Trinajstić information content (AvgIpc) is 2.77. The van der Waals surface area contributed by atoms with Gasteiger partial charge < -0.3 is 30.4 Å². The van der Waals surface area contributed by atoms with E-state index in [2.05, 4.69) is 0 Å². The number of hydrogen-bond acceptors (Lipinski definition) is 7. The Balaban J connectivity index is 0.000000417. The van der Waals surface area contributed by atoms with Gasteiger partial charge in [0.25, 0.3) is 0 Å². The first-order chi connectivity index (χ1) is 15.4. The lowest BCUT2D eigenvalue weighted by Crippen LogP contribution is -2.37. The number of nitrogens with one attached hydrogen (secondary N) is 1. The van der Waals surface area contributed by atoms with E-state index in [1.165, 1.54) is 12.5 Å². The Morgan fingerprint density at radius 3 is 2.39 bits per heavy atom. The molecule has 2 aliphatic rings. The van der Waals surface area contributed by atoms with Crippen molar-refractivity contribution in [2.75, 3.05) is 26.3 Å². The number of esters is 1. The Kier molecular flexibility index (Phi) is 12.9. The first-order valence-corrected chi connectivity index (χ1v) is 10.9. The molecule has 1 fully saturated rings. The first kappa shape index (κ1) is 28.2. The van der Waals surface area contributed by atoms with Crippen LogP contribution in [-0.4, -0.2) is 64.1 Å². The highest BCUT2D eigenvalue weighted by molar-refractivity contribution is 5.99. The molecule has 1 saturated heterocycles. The summed E-state index contributed by atoms with van der Waals surface area (Å²) in [6, 6.07) is 2.48. The summed E-state index contributed by atoms with van der Waals surface area (Å²) in [6.45, 7) is 1.56. The second-order valence-electron chi connectivity index (χ2n) is 7.68. The highest BCUT2D eigenvalue weighted by Gasteiger charge is 2.20. The van der Waals surface area contributed by atoms with Crippen molar-refractivity contribution in [1.29, 1.82) is 5.41 Å². The topological polar surface area (TPSA) is 131 Å². The van der Waals surface area contributed by atoms with Gasteiger partial charge in [-0.15, -0.1) is 12.4 Å². The molecule has 9 heteroatoms. The second kappa shape index (κ2) is 15.1. The van der Waals surface area contributed by atoms with Crippen molar-refractivity contribution in [1.82, 2.24) is 4.90 Å². The molecule has 3 rings (SSSR count). The highest BCUT2D eigenvalue weighted by atomic mass is 35.5. The van der Waals surface area contributed by atoms with Crippen LogP contribution < -0.4 is 0 Å². The Bertz CT molecular complexity index is 863. The van der Waals surface area contributed by atoms with Crippen molar-refractivity contribution in [3.63, 3.8) is 0 Å². The minimum Gasteiger partial charge on any atom is -0.508 e. The summed E-state index contributed by atoms with van der Waals surface area (Å²) >= 11 is 0. The number of piperidine rings is 1. The van der Waals surface area contributed by atoms with Gasteiger partial charge in [-0.3, -0.25) is 4.79 Å². The van der Waals surface area contributed by atoms with Crippen molar-refractivity contribution in [3.05, 3.63) is 47.6 Å². The van der Waals surface area contributed by atoms with Gasteiger partial charge in [-0.25, -0.2) is 4.79 Å². The third-order valence-corrected chi connectivity index (χ3v) is 5.12. The van der Waals surface area contributed by atoms with Gasteiger partial charge in [0.15, 0.2) is 0 Å². The van der Waals surface area contributed by atoms with Crippen LogP contribution in [0.25, 0.3) is 0 Å². The predicted octanol–water partition coefficient (Wildman–Crippen LogP) is 3.53. The number of aliphatic hydroxyl groups is 1. The molecule has 1 aromatic carbocycles. The lowest BCUT2D eigenvalue weighted by atomic mass is 10.00. The molecule has 0 saturated carbocycles. The number of amides is 1. The molecule has 0 atom stereocenters. The van der Waals surface area contributed by atoms with E-state index < -0.39 is 5.97 Å². The van der Waals surface area contributed by atoms with Crippen LogP contribution in [0.3, 0.4) is 0 Å². The SMILES string of the molecule is Cl.N=C1/C=C/CC/C=C/CCOC(=O)c2c(O)cc(O)cc2C1.O=C(CO)N1CCCCC1. The number of carbonyl (C=O) groups is 2. The van der Waals surface area contributed by atoms with Crippen LogP contribution in [-0.2, 0) is 16.0 Å². The van der Waals surface area contributed by atoms with Gasteiger partial charge in [0.2, 0.25) is 5.91 Å². The van der Waals surface area contributed by atoms with Crippen molar-refractivity contribution < 1.29 is 29.6 Å². The third-order valence-electron chi connectivity index (χ3n) is 5.12. The molecule has 33 heavy (non-hydrogen) atoms. The fraction of sp³-hybridized carbons (Fsp3) is 0.458. The van der Waals surface area contributed by atoms with Crippen LogP contribution in [0, 0.1) is 5.41 Å². The number of rotatable bonds is 1. The van der Waals surface area contributed by atoms with E-state index in [1.54, 1.807) is 11.0 Å².